The zero-order valence-corrected chi connectivity index (χ0v) is 14.4. The lowest BCUT2D eigenvalue weighted by Crippen LogP contribution is -2.23. The van der Waals surface area contributed by atoms with E-state index >= 15 is 0 Å². The number of carbonyl (C=O) groups excluding carboxylic acids is 1. The van der Waals surface area contributed by atoms with Crippen molar-refractivity contribution in [2.75, 3.05) is 6.61 Å². The number of nitrogens with zero attached hydrogens (tertiary/aromatic N) is 2. The van der Waals surface area contributed by atoms with E-state index in [0.717, 1.165) is 22.6 Å². The maximum Gasteiger partial charge on any atom is 0.251 e. The van der Waals surface area contributed by atoms with Crippen molar-refractivity contribution in [3.05, 3.63) is 77.6 Å². The van der Waals surface area contributed by atoms with Crippen LogP contribution in [0, 0.1) is 6.92 Å². The van der Waals surface area contributed by atoms with Gasteiger partial charge in [-0.3, -0.25) is 4.79 Å². The number of carbonyl (C=O) groups is 1. The van der Waals surface area contributed by atoms with Gasteiger partial charge in [-0.2, -0.15) is 5.10 Å². The summed E-state index contributed by atoms with van der Waals surface area (Å²) >= 11 is 0. The third-order valence-electron chi connectivity index (χ3n) is 3.88. The highest BCUT2D eigenvalue weighted by Gasteiger charge is 2.09. The highest BCUT2D eigenvalue weighted by Crippen LogP contribution is 2.19. The molecule has 1 aromatic heterocycles. The van der Waals surface area contributed by atoms with Crippen molar-refractivity contribution >= 4 is 5.91 Å². The van der Waals surface area contributed by atoms with Crippen LogP contribution in [0.4, 0.5) is 0 Å². The molecule has 25 heavy (non-hydrogen) atoms. The van der Waals surface area contributed by atoms with Crippen LogP contribution in [-0.4, -0.2) is 22.3 Å². The SMILES string of the molecule is CCOc1cc(C(=O)NCc2cccc(-n3cccn3)c2)ccc1C. The summed E-state index contributed by atoms with van der Waals surface area (Å²) in [5.41, 5.74) is 3.59. The Kier molecular flexibility index (Phi) is 5.14. The van der Waals surface area contributed by atoms with Gasteiger partial charge in [0.25, 0.3) is 5.91 Å². The zero-order valence-electron chi connectivity index (χ0n) is 14.4. The van der Waals surface area contributed by atoms with Crippen LogP contribution in [0.15, 0.2) is 60.9 Å². The Bertz CT molecular complexity index is 857. The van der Waals surface area contributed by atoms with Gasteiger partial charge in [-0.25, -0.2) is 4.68 Å². The van der Waals surface area contributed by atoms with Crippen LogP contribution in [-0.2, 0) is 6.54 Å². The molecule has 0 bridgehead atoms. The van der Waals surface area contributed by atoms with E-state index in [1.54, 1.807) is 16.9 Å². The van der Waals surface area contributed by atoms with Gasteiger partial charge in [0.05, 0.1) is 12.3 Å². The molecule has 0 fully saturated rings. The van der Waals surface area contributed by atoms with Gasteiger partial charge in [0.1, 0.15) is 5.75 Å². The Labute approximate surface area is 147 Å². The van der Waals surface area contributed by atoms with Gasteiger partial charge >= 0.3 is 0 Å². The molecule has 3 aromatic rings. The van der Waals surface area contributed by atoms with E-state index in [9.17, 15) is 4.79 Å². The van der Waals surface area contributed by atoms with Crippen molar-refractivity contribution in [3.63, 3.8) is 0 Å². The standard InChI is InChI=1S/C20H21N3O2/c1-3-25-19-13-17(9-8-15(19)2)20(24)21-14-16-6-4-7-18(12-16)23-11-5-10-22-23/h4-13H,3,14H2,1-2H3,(H,21,24). The average molecular weight is 335 g/mol. The normalized spacial score (nSPS) is 10.5. The summed E-state index contributed by atoms with van der Waals surface area (Å²) < 4.78 is 7.35. The van der Waals surface area contributed by atoms with Gasteiger partial charge in [-0.05, 0) is 55.3 Å². The minimum Gasteiger partial charge on any atom is -0.494 e. The van der Waals surface area contributed by atoms with Gasteiger partial charge in [0.2, 0.25) is 0 Å². The first-order valence-corrected chi connectivity index (χ1v) is 8.28. The third kappa shape index (κ3) is 4.07. The Balaban J connectivity index is 1.68. The molecule has 128 valence electrons. The predicted octanol–water partition coefficient (Wildman–Crippen LogP) is 3.51. The van der Waals surface area contributed by atoms with Crippen molar-refractivity contribution in [1.82, 2.24) is 15.1 Å². The second-order valence-corrected chi connectivity index (χ2v) is 5.72. The number of aryl methyl sites for hydroxylation is 1. The van der Waals surface area contributed by atoms with E-state index < -0.39 is 0 Å². The van der Waals surface area contributed by atoms with E-state index in [4.69, 9.17) is 4.74 Å². The molecule has 3 rings (SSSR count). The lowest BCUT2D eigenvalue weighted by molar-refractivity contribution is 0.0950. The summed E-state index contributed by atoms with van der Waals surface area (Å²) in [6.45, 7) is 4.92. The molecule has 0 unspecified atom stereocenters. The van der Waals surface area contributed by atoms with E-state index in [2.05, 4.69) is 10.4 Å². The maximum atomic E-state index is 12.4. The van der Waals surface area contributed by atoms with Gasteiger partial charge in [0, 0.05) is 24.5 Å². The van der Waals surface area contributed by atoms with Crippen LogP contribution in [0.5, 0.6) is 5.75 Å². The number of amides is 1. The highest BCUT2D eigenvalue weighted by molar-refractivity contribution is 5.94. The zero-order chi connectivity index (χ0) is 17.6. The minimum absolute atomic E-state index is 0.120. The monoisotopic (exact) mass is 335 g/mol. The molecule has 0 saturated heterocycles. The van der Waals surface area contributed by atoms with Gasteiger partial charge in [0.15, 0.2) is 0 Å². The molecule has 1 N–H and O–H groups in total. The summed E-state index contributed by atoms with van der Waals surface area (Å²) in [4.78, 5) is 12.4. The Morgan fingerprint density at radius 2 is 2.08 bits per heavy atom. The van der Waals surface area contributed by atoms with Crippen LogP contribution in [0.3, 0.4) is 0 Å². The fourth-order valence-electron chi connectivity index (χ4n) is 2.57. The first-order chi connectivity index (χ1) is 12.2. The molecule has 0 aliphatic carbocycles. The molecule has 5 heteroatoms. The van der Waals surface area contributed by atoms with Gasteiger partial charge in [-0.1, -0.05) is 18.2 Å². The van der Waals surface area contributed by atoms with E-state index in [1.807, 2.05) is 62.5 Å². The number of nitrogens with one attached hydrogen (secondary N) is 1. The fraction of sp³-hybridized carbons (Fsp3) is 0.200. The van der Waals surface area contributed by atoms with E-state index in [-0.39, 0.29) is 5.91 Å². The van der Waals surface area contributed by atoms with Crippen LogP contribution in [0.2, 0.25) is 0 Å². The molecule has 1 heterocycles. The smallest absolute Gasteiger partial charge is 0.251 e. The predicted molar refractivity (Wildman–Crippen MR) is 97.1 cm³/mol. The number of ether oxygens (including phenoxy) is 1. The van der Waals surface area contributed by atoms with E-state index in [0.29, 0.717) is 18.7 Å². The van der Waals surface area contributed by atoms with Crippen molar-refractivity contribution in [3.8, 4) is 11.4 Å². The van der Waals surface area contributed by atoms with Crippen LogP contribution in [0.25, 0.3) is 5.69 Å². The molecule has 0 radical (unpaired) electrons. The molecule has 1 amide bonds. The quantitative estimate of drug-likeness (QED) is 0.750. The summed E-state index contributed by atoms with van der Waals surface area (Å²) in [6.07, 6.45) is 3.63. The minimum atomic E-state index is -0.120. The summed E-state index contributed by atoms with van der Waals surface area (Å²) in [6, 6.07) is 15.3. The molecule has 2 aromatic carbocycles. The number of rotatable bonds is 6. The number of benzene rings is 2. The van der Waals surface area contributed by atoms with Gasteiger partial charge in [-0.15, -0.1) is 0 Å². The molecular weight excluding hydrogens is 314 g/mol. The fourth-order valence-corrected chi connectivity index (χ4v) is 2.57. The lowest BCUT2D eigenvalue weighted by atomic mass is 10.1. The van der Waals surface area contributed by atoms with Crippen LogP contribution < -0.4 is 10.1 Å². The molecule has 0 saturated carbocycles. The number of hydrogen-bond acceptors (Lipinski definition) is 3. The topological polar surface area (TPSA) is 56.1 Å². The number of hydrogen-bond donors (Lipinski definition) is 1. The Hall–Kier alpha value is -3.08. The average Bonchev–Trinajstić information content (AvgIpc) is 3.17. The molecule has 0 spiro atoms. The Morgan fingerprint density at radius 1 is 1.20 bits per heavy atom. The van der Waals surface area contributed by atoms with Crippen LogP contribution >= 0.6 is 0 Å². The maximum absolute atomic E-state index is 12.4. The first-order valence-electron chi connectivity index (χ1n) is 8.28. The summed E-state index contributed by atoms with van der Waals surface area (Å²) in [5, 5.41) is 7.17. The second-order valence-electron chi connectivity index (χ2n) is 5.72. The molecule has 5 nitrogen and oxygen atoms in total. The largest absolute Gasteiger partial charge is 0.494 e. The third-order valence-corrected chi connectivity index (χ3v) is 3.88. The molecule has 0 atom stereocenters. The van der Waals surface area contributed by atoms with Crippen molar-refractivity contribution < 1.29 is 9.53 Å². The summed E-state index contributed by atoms with van der Waals surface area (Å²) in [5.74, 6) is 0.626. The second kappa shape index (κ2) is 7.66. The lowest BCUT2D eigenvalue weighted by Gasteiger charge is -2.10. The van der Waals surface area contributed by atoms with E-state index in [1.165, 1.54) is 0 Å². The van der Waals surface area contributed by atoms with Gasteiger partial charge < -0.3 is 10.1 Å². The van der Waals surface area contributed by atoms with Crippen LogP contribution in [0.1, 0.15) is 28.4 Å². The summed E-state index contributed by atoms with van der Waals surface area (Å²) in [7, 11) is 0. The molecular formula is C20H21N3O2. The Morgan fingerprint density at radius 3 is 2.84 bits per heavy atom. The molecule has 0 aliphatic heterocycles. The first kappa shape index (κ1) is 16.8. The number of aromatic nitrogens is 2. The molecule has 0 aliphatic rings. The van der Waals surface area contributed by atoms with Crippen molar-refractivity contribution in [2.24, 2.45) is 0 Å². The van der Waals surface area contributed by atoms with Crippen molar-refractivity contribution in [1.29, 1.82) is 0 Å². The highest BCUT2D eigenvalue weighted by atomic mass is 16.5. The van der Waals surface area contributed by atoms with Crippen molar-refractivity contribution in [2.45, 2.75) is 20.4 Å².